The van der Waals surface area contributed by atoms with Crippen molar-refractivity contribution < 1.29 is 19.0 Å². The molecule has 1 aromatic heterocycles. The van der Waals surface area contributed by atoms with E-state index in [1.807, 2.05) is 24.3 Å². The zero-order chi connectivity index (χ0) is 15.2. The molecule has 0 bridgehead atoms. The SMILES string of the molecule is COC(=O)c1nc(OC)ccc1Nc1ccc(OC)cc1. The quantitative estimate of drug-likeness (QED) is 0.853. The number of aromatic nitrogens is 1. The van der Waals surface area contributed by atoms with E-state index < -0.39 is 5.97 Å². The molecular formula is C15H16N2O4. The number of rotatable bonds is 5. The molecule has 6 nitrogen and oxygen atoms in total. The molecule has 0 radical (unpaired) electrons. The number of ether oxygens (including phenoxy) is 3. The summed E-state index contributed by atoms with van der Waals surface area (Å²) in [5.41, 5.74) is 1.49. The lowest BCUT2D eigenvalue weighted by atomic mass is 10.2. The van der Waals surface area contributed by atoms with Gasteiger partial charge in [-0.1, -0.05) is 0 Å². The molecule has 21 heavy (non-hydrogen) atoms. The molecule has 0 unspecified atom stereocenters. The molecule has 0 aliphatic rings. The van der Waals surface area contributed by atoms with E-state index >= 15 is 0 Å². The molecule has 2 aromatic rings. The Morgan fingerprint density at radius 2 is 1.71 bits per heavy atom. The van der Waals surface area contributed by atoms with Gasteiger partial charge in [-0.2, -0.15) is 0 Å². The zero-order valence-corrected chi connectivity index (χ0v) is 12.0. The van der Waals surface area contributed by atoms with Crippen LogP contribution in [0.5, 0.6) is 11.6 Å². The average molecular weight is 288 g/mol. The Kier molecular flexibility index (Phi) is 4.61. The maximum absolute atomic E-state index is 11.8. The van der Waals surface area contributed by atoms with E-state index in [2.05, 4.69) is 10.3 Å². The molecule has 0 aliphatic heterocycles. The van der Waals surface area contributed by atoms with Gasteiger partial charge < -0.3 is 19.5 Å². The molecule has 0 spiro atoms. The van der Waals surface area contributed by atoms with Crippen LogP contribution >= 0.6 is 0 Å². The van der Waals surface area contributed by atoms with E-state index in [1.165, 1.54) is 14.2 Å². The highest BCUT2D eigenvalue weighted by molar-refractivity contribution is 5.94. The summed E-state index contributed by atoms with van der Waals surface area (Å²) in [5.74, 6) is 0.558. The Balaban J connectivity index is 2.31. The summed E-state index contributed by atoms with van der Waals surface area (Å²) in [5, 5.41) is 3.12. The van der Waals surface area contributed by atoms with Gasteiger partial charge in [0.15, 0.2) is 5.69 Å². The lowest BCUT2D eigenvalue weighted by molar-refractivity contribution is 0.0594. The first kappa shape index (κ1) is 14.6. The first-order valence-electron chi connectivity index (χ1n) is 6.22. The minimum atomic E-state index is -0.537. The highest BCUT2D eigenvalue weighted by atomic mass is 16.5. The third-order valence-electron chi connectivity index (χ3n) is 2.83. The number of esters is 1. The molecule has 2 rings (SSSR count). The highest BCUT2D eigenvalue weighted by Gasteiger charge is 2.15. The van der Waals surface area contributed by atoms with Crippen LogP contribution in [-0.4, -0.2) is 32.3 Å². The Morgan fingerprint density at radius 1 is 1.00 bits per heavy atom. The lowest BCUT2D eigenvalue weighted by Crippen LogP contribution is -2.09. The van der Waals surface area contributed by atoms with E-state index in [-0.39, 0.29) is 5.69 Å². The number of nitrogens with zero attached hydrogens (tertiary/aromatic N) is 1. The van der Waals surface area contributed by atoms with Gasteiger partial charge in [-0.15, -0.1) is 0 Å². The van der Waals surface area contributed by atoms with Crippen molar-refractivity contribution in [1.29, 1.82) is 0 Å². The molecule has 6 heteroatoms. The number of methoxy groups -OCH3 is 3. The highest BCUT2D eigenvalue weighted by Crippen LogP contribution is 2.24. The van der Waals surface area contributed by atoms with Gasteiger partial charge in [0.25, 0.3) is 0 Å². The van der Waals surface area contributed by atoms with Gasteiger partial charge in [0.05, 0.1) is 27.0 Å². The van der Waals surface area contributed by atoms with Crippen LogP contribution in [0.1, 0.15) is 10.5 Å². The number of carbonyl (C=O) groups excluding carboxylic acids is 1. The smallest absolute Gasteiger partial charge is 0.358 e. The lowest BCUT2D eigenvalue weighted by Gasteiger charge is -2.11. The van der Waals surface area contributed by atoms with Crippen molar-refractivity contribution in [3.8, 4) is 11.6 Å². The van der Waals surface area contributed by atoms with E-state index in [0.29, 0.717) is 11.6 Å². The van der Waals surface area contributed by atoms with E-state index in [4.69, 9.17) is 14.2 Å². The number of hydrogen-bond acceptors (Lipinski definition) is 6. The van der Waals surface area contributed by atoms with Crippen molar-refractivity contribution >= 4 is 17.3 Å². The van der Waals surface area contributed by atoms with Crippen molar-refractivity contribution in [2.45, 2.75) is 0 Å². The largest absolute Gasteiger partial charge is 0.497 e. The van der Waals surface area contributed by atoms with Crippen molar-refractivity contribution in [3.63, 3.8) is 0 Å². The second kappa shape index (κ2) is 6.60. The van der Waals surface area contributed by atoms with Gasteiger partial charge in [-0.3, -0.25) is 0 Å². The summed E-state index contributed by atoms with van der Waals surface area (Å²) in [4.78, 5) is 15.9. The van der Waals surface area contributed by atoms with E-state index in [9.17, 15) is 4.79 Å². The number of hydrogen-bond donors (Lipinski definition) is 1. The van der Waals surface area contributed by atoms with Gasteiger partial charge in [0.2, 0.25) is 5.88 Å². The minimum absolute atomic E-state index is 0.160. The summed E-state index contributed by atoms with van der Waals surface area (Å²) >= 11 is 0. The Morgan fingerprint density at radius 3 is 2.29 bits per heavy atom. The summed E-state index contributed by atoms with van der Waals surface area (Å²) in [7, 11) is 4.39. The van der Waals surface area contributed by atoms with Crippen LogP contribution < -0.4 is 14.8 Å². The number of carbonyl (C=O) groups is 1. The number of pyridine rings is 1. The first-order chi connectivity index (χ1) is 10.2. The normalized spacial score (nSPS) is 9.86. The van der Waals surface area contributed by atoms with Gasteiger partial charge >= 0.3 is 5.97 Å². The van der Waals surface area contributed by atoms with Crippen LogP contribution in [0.2, 0.25) is 0 Å². The molecule has 0 saturated carbocycles. The van der Waals surface area contributed by atoms with Crippen LogP contribution in [-0.2, 0) is 4.74 Å². The first-order valence-corrected chi connectivity index (χ1v) is 6.22. The van der Waals surface area contributed by atoms with Crippen molar-refractivity contribution in [2.75, 3.05) is 26.6 Å². The molecular weight excluding hydrogens is 272 g/mol. The molecule has 1 heterocycles. The van der Waals surface area contributed by atoms with E-state index in [0.717, 1.165) is 11.4 Å². The standard InChI is InChI=1S/C15H16N2O4/c1-19-11-6-4-10(5-7-11)16-12-8-9-13(20-2)17-14(12)15(18)21-3/h4-9,16H,1-3H3. The van der Waals surface area contributed by atoms with Crippen molar-refractivity contribution in [2.24, 2.45) is 0 Å². The number of anilines is 2. The van der Waals surface area contributed by atoms with Gasteiger partial charge in [-0.05, 0) is 30.3 Å². The number of benzene rings is 1. The fraction of sp³-hybridized carbons (Fsp3) is 0.200. The molecule has 0 atom stereocenters. The van der Waals surface area contributed by atoms with Crippen molar-refractivity contribution in [3.05, 3.63) is 42.1 Å². The summed E-state index contributed by atoms with van der Waals surface area (Å²) < 4.78 is 14.9. The fourth-order valence-corrected chi connectivity index (χ4v) is 1.74. The molecule has 0 amide bonds. The predicted octanol–water partition coefficient (Wildman–Crippen LogP) is 2.63. The minimum Gasteiger partial charge on any atom is -0.497 e. The van der Waals surface area contributed by atoms with Crippen LogP contribution in [0.3, 0.4) is 0 Å². The predicted molar refractivity (Wildman–Crippen MR) is 78.4 cm³/mol. The zero-order valence-electron chi connectivity index (χ0n) is 12.0. The maximum atomic E-state index is 11.8. The second-order valence-electron chi connectivity index (χ2n) is 4.09. The fourth-order valence-electron chi connectivity index (χ4n) is 1.74. The molecule has 1 N–H and O–H groups in total. The Bertz CT molecular complexity index is 626. The molecule has 0 fully saturated rings. The van der Waals surface area contributed by atoms with Gasteiger partial charge in [-0.25, -0.2) is 9.78 Å². The van der Waals surface area contributed by atoms with Gasteiger partial charge in [0.1, 0.15) is 5.75 Å². The molecule has 110 valence electrons. The topological polar surface area (TPSA) is 69.7 Å². The van der Waals surface area contributed by atoms with Crippen LogP contribution in [0.15, 0.2) is 36.4 Å². The van der Waals surface area contributed by atoms with Crippen LogP contribution in [0.4, 0.5) is 11.4 Å². The Hall–Kier alpha value is -2.76. The molecule has 0 aliphatic carbocycles. The molecule has 0 saturated heterocycles. The summed E-state index contributed by atoms with van der Waals surface area (Å²) in [6.07, 6.45) is 0. The van der Waals surface area contributed by atoms with Crippen LogP contribution in [0.25, 0.3) is 0 Å². The summed E-state index contributed by atoms with van der Waals surface area (Å²) in [6, 6.07) is 10.7. The monoisotopic (exact) mass is 288 g/mol. The van der Waals surface area contributed by atoms with Crippen LogP contribution in [0, 0.1) is 0 Å². The average Bonchev–Trinajstić information content (AvgIpc) is 2.55. The summed E-state index contributed by atoms with van der Waals surface area (Å²) in [6.45, 7) is 0. The van der Waals surface area contributed by atoms with Gasteiger partial charge in [0, 0.05) is 11.8 Å². The Labute approximate surface area is 122 Å². The van der Waals surface area contributed by atoms with E-state index in [1.54, 1.807) is 19.2 Å². The molecule has 1 aromatic carbocycles. The third-order valence-corrected chi connectivity index (χ3v) is 2.83. The maximum Gasteiger partial charge on any atom is 0.358 e. The van der Waals surface area contributed by atoms with Crippen molar-refractivity contribution in [1.82, 2.24) is 4.98 Å². The number of nitrogens with one attached hydrogen (secondary N) is 1. The second-order valence-corrected chi connectivity index (χ2v) is 4.09. The third kappa shape index (κ3) is 3.42.